The summed E-state index contributed by atoms with van der Waals surface area (Å²) in [5.41, 5.74) is 1.01. The van der Waals surface area contributed by atoms with E-state index in [0.29, 0.717) is 5.75 Å². The van der Waals surface area contributed by atoms with Gasteiger partial charge in [-0.15, -0.1) is 0 Å². The van der Waals surface area contributed by atoms with E-state index in [1.165, 1.54) is 44.9 Å². The van der Waals surface area contributed by atoms with Gasteiger partial charge in [-0.2, -0.15) is 0 Å². The normalized spacial score (nSPS) is 11.0. The van der Waals surface area contributed by atoms with Crippen molar-refractivity contribution in [2.75, 3.05) is 6.61 Å². The summed E-state index contributed by atoms with van der Waals surface area (Å²) in [5, 5.41) is 0. The molecule has 0 fully saturated rings. The van der Waals surface area contributed by atoms with Gasteiger partial charge >= 0.3 is 11.9 Å². The molecule has 0 unspecified atom stereocenters. The predicted molar refractivity (Wildman–Crippen MR) is 118 cm³/mol. The van der Waals surface area contributed by atoms with Crippen molar-refractivity contribution in [3.63, 3.8) is 0 Å². The van der Waals surface area contributed by atoms with Crippen molar-refractivity contribution in [2.45, 2.75) is 90.9 Å². The maximum Gasteiger partial charge on any atom is 0.311 e. The fourth-order valence-corrected chi connectivity index (χ4v) is 3.08. The van der Waals surface area contributed by atoms with Gasteiger partial charge in [0.2, 0.25) is 0 Å². The zero-order valence-electron chi connectivity index (χ0n) is 18.3. The number of allylic oxidation sites excluding steroid dienone is 1. The highest BCUT2D eigenvalue weighted by Crippen LogP contribution is 2.20. The molecule has 4 nitrogen and oxygen atoms in total. The largest absolute Gasteiger partial charge is 0.461 e. The van der Waals surface area contributed by atoms with Crippen molar-refractivity contribution >= 4 is 11.9 Å². The van der Waals surface area contributed by atoms with Crippen LogP contribution in [0, 0.1) is 0 Å². The first kappa shape index (κ1) is 24.9. The Morgan fingerprint density at radius 3 is 2.28 bits per heavy atom. The van der Waals surface area contributed by atoms with E-state index >= 15 is 0 Å². The van der Waals surface area contributed by atoms with E-state index in [9.17, 15) is 9.59 Å². The molecule has 0 spiro atoms. The van der Waals surface area contributed by atoms with Gasteiger partial charge in [0.05, 0.1) is 12.8 Å². The van der Waals surface area contributed by atoms with Crippen LogP contribution in [0.25, 0.3) is 0 Å². The standard InChI is InChI=1S/C25H38O4/c1-3-5-6-7-8-9-10-11-12-15-21-28-24(26)19-20-25(27)29-23-18-14-13-17-22(23)16-4-2/h12-15,17-18H,3-11,16,19-21H2,1-2H3/b15-12+. The molecule has 1 aromatic carbocycles. The minimum Gasteiger partial charge on any atom is -0.461 e. The van der Waals surface area contributed by atoms with Crippen LogP contribution in [0.3, 0.4) is 0 Å². The minimum absolute atomic E-state index is 0.0288. The van der Waals surface area contributed by atoms with E-state index in [2.05, 4.69) is 19.9 Å². The van der Waals surface area contributed by atoms with Gasteiger partial charge in [0, 0.05) is 0 Å². The fraction of sp³-hybridized carbons (Fsp3) is 0.600. The Bertz CT molecular complexity index is 607. The van der Waals surface area contributed by atoms with Crippen LogP contribution < -0.4 is 4.74 Å². The Morgan fingerprint density at radius 2 is 1.52 bits per heavy atom. The van der Waals surface area contributed by atoms with E-state index in [4.69, 9.17) is 9.47 Å². The molecular weight excluding hydrogens is 364 g/mol. The van der Waals surface area contributed by atoms with Crippen molar-refractivity contribution in [1.29, 1.82) is 0 Å². The number of para-hydroxylation sites is 1. The zero-order valence-corrected chi connectivity index (χ0v) is 18.3. The second-order valence-corrected chi connectivity index (χ2v) is 7.40. The van der Waals surface area contributed by atoms with E-state index < -0.39 is 5.97 Å². The molecule has 4 heteroatoms. The lowest BCUT2D eigenvalue weighted by Gasteiger charge is -2.09. The molecule has 0 aliphatic heterocycles. The van der Waals surface area contributed by atoms with Gasteiger partial charge in [0.25, 0.3) is 0 Å². The molecular formula is C25H38O4. The smallest absolute Gasteiger partial charge is 0.311 e. The summed E-state index contributed by atoms with van der Waals surface area (Å²) in [4.78, 5) is 23.8. The molecule has 0 aliphatic rings. The number of esters is 2. The molecule has 1 aromatic rings. The number of rotatable bonds is 16. The number of aryl methyl sites for hydroxylation is 1. The van der Waals surface area contributed by atoms with Gasteiger partial charge in [0.15, 0.2) is 0 Å². The first-order valence-electron chi connectivity index (χ1n) is 11.3. The number of hydrogen-bond acceptors (Lipinski definition) is 4. The van der Waals surface area contributed by atoms with E-state index in [-0.39, 0.29) is 25.4 Å². The fourth-order valence-electron chi connectivity index (χ4n) is 3.08. The lowest BCUT2D eigenvalue weighted by molar-refractivity contribution is -0.146. The lowest BCUT2D eigenvalue weighted by Crippen LogP contribution is -2.13. The van der Waals surface area contributed by atoms with Crippen molar-refractivity contribution in [1.82, 2.24) is 0 Å². The first-order valence-corrected chi connectivity index (χ1v) is 11.3. The van der Waals surface area contributed by atoms with Crippen LogP contribution in [0.4, 0.5) is 0 Å². The van der Waals surface area contributed by atoms with Gasteiger partial charge in [-0.05, 0) is 30.9 Å². The van der Waals surface area contributed by atoms with Gasteiger partial charge in [-0.1, -0.05) is 89.1 Å². The number of benzene rings is 1. The van der Waals surface area contributed by atoms with E-state index in [0.717, 1.165) is 24.8 Å². The quantitative estimate of drug-likeness (QED) is 0.136. The number of carbonyl (C=O) groups excluding carboxylic acids is 2. The highest BCUT2D eigenvalue weighted by molar-refractivity contribution is 5.79. The molecule has 162 valence electrons. The Kier molecular flexibility index (Phi) is 14.5. The minimum atomic E-state index is -0.403. The molecule has 0 saturated heterocycles. The van der Waals surface area contributed by atoms with Crippen molar-refractivity contribution in [3.05, 3.63) is 42.0 Å². The summed E-state index contributed by atoms with van der Waals surface area (Å²) in [6.07, 6.45) is 15.9. The molecule has 0 atom stereocenters. The number of ether oxygens (including phenoxy) is 2. The average Bonchev–Trinajstić information content (AvgIpc) is 2.72. The summed E-state index contributed by atoms with van der Waals surface area (Å²) in [5.74, 6) is -0.189. The highest BCUT2D eigenvalue weighted by atomic mass is 16.5. The molecule has 0 saturated carbocycles. The van der Waals surface area contributed by atoms with Gasteiger partial charge < -0.3 is 9.47 Å². The molecule has 0 N–H and O–H groups in total. The molecule has 0 aliphatic carbocycles. The van der Waals surface area contributed by atoms with Crippen LogP contribution in [0.5, 0.6) is 5.75 Å². The molecule has 0 amide bonds. The van der Waals surface area contributed by atoms with Crippen molar-refractivity contribution in [2.24, 2.45) is 0 Å². The monoisotopic (exact) mass is 402 g/mol. The Labute approximate surface area is 176 Å². The predicted octanol–water partition coefficient (Wildman–Crippen LogP) is 6.56. The lowest BCUT2D eigenvalue weighted by atomic mass is 10.1. The van der Waals surface area contributed by atoms with Crippen LogP contribution >= 0.6 is 0 Å². The zero-order chi connectivity index (χ0) is 21.2. The van der Waals surface area contributed by atoms with Crippen LogP contribution in [-0.2, 0) is 20.7 Å². The average molecular weight is 403 g/mol. The van der Waals surface area contributed by atoms with Crippen molar-refractivity contribution in [3.8, 4) is 5.75 Å². The first-order chi connectivity index (χ1) is 14.2. The SMILES string of the molecule is CCCCCCCCC/C=C/COC(=O)CCC(=O)Oc1ccccc1CCC. The van der Waals surface area contributed by atoms with Crippen LogP contribution in [-0.4, -0.2) is 18.5 Å². The highest BCUT2D eigenvalue weighted by Gasteiger charge is 2.11. The Hall–Kier alpha value is -2.10. The maximum atomic E-state index is 12.0. The molecule has 0 radical (unpaired) electrons. The van der Waals surface area contributed by atoms with Crippen molar-refractivity contribution < 1.29 is 19.1 Å². The molecule has 1 rings (SSSR count). The van der Waals surface area contributed by atoms with Crippen LogP contribution in [0.2, 0.25) is 0 Å². The Morgan fingerprint density at radius 1 is 0.828 bits per heavy atom. The van der Waals surface area contributed by atoms with E-state index in [1.807, 2.05) is 24.3 Å². The second kappa shape index (κ2) is 16.8. The number of unbranched alkanes of at least 4 members (excludes halogenated alkanes) is 7. The molecule has 29 heavy (non-hydrogen) atoms. The van der Waals surface area contributed by atoms with Gasteiger partial charge in [-0.25, -0.2) is 0 Å². The third kappa shape index (κ3) is 12.9. The van der Waals surface area contributed by atoms with Crippen LogP contribution in [0.15, 0.2) is 36.4 Å². The maximum absolute atomic E-state index is 12.0. The Balaban J connectivity index is 2.09. The molecule has 0 bridgehead atoms. The second-order valence-electron chi connectivity index (χ2n) is 7.40. The number of carbonyl (C=O) groups is 2. The molecule has 0 aromatic heterocycles. The summed E-state index contributed by atoms with van der Waals surface area (Å²) in [7, 11) is 0. The number of hydrogen-bond donors (Lipinski definition) is 0. The molecule has 0 heterocycles. The topological polar surface area (TPSA) is 52.6 Å². The summed E-state index contributed by atoms with van der Waals surface area (Å²) in [6.45, 7) is 4.58. The summed E-state index contributed by atoms with van der Waals surface area (Å²) < 4.78 is 10.5. The third-order valence-corrected chi connectivity index (χ3v) is 4.73. The summed E-state index contributed by atoms with van der Waals surface area (Å²) in [6, 6.07) is 7.52. The van der Waals surface area contributed by atoms with Gasteiger partial charge in [0.1, 0.15) is 12.4 Å². The third-order valence-electron chi connectivity index (χ3n) is 4.73. The van der Waals surface area contributed by atoms with E-state index in [1.54, 1.807) is 6.07 Å². The summed E-state index contributed by atoms with van der Waals surface area (Å²) >= 11 is 0. The van der Waals surface area contributed by atoms with Gasteiger partial charge in [-0.3, -0.25) is 9.59 Å². The van der Waals surface area contributed by atoms with Crippen LogP contribution in [0.1, 0.15) is 90.0 Å².